The molecule has 1 aromatic heterocycles. The molecule has 3 nitrogen and oxygen atoms in total. The van der Waals surface area contributed by atoms with Crippen molar-refractivity contribution in [2.24, 2.45) is 0 Å². The topological polar surface area (TPSA) is 39.1 Å². The molecular formula is C21H17NO2. The fourth-order valence-corrected chi connectivity index (χ4v) is 3.22. The minimum absolute atomic E-state index is 0.243. The van der Waals surface area contributed by atoms with Crippen LogP contribution in [0.3, 0.4) is 0 Å². The molecule has 0 unspecified atom stereocenters. The van der Waals surface area contributed by atoms with Crippen LogP contribution in [0.2, 0.25) is 0 Å². The van der Waals surface area contributed by atoms with Crippen molar-refractivity contribution in [1.82, 2.24) is 4.57 Å². The van der Waals surface area contributed by atoms with Crippen LogP contribution in [0.4, 0.5) is 0 Å². The maximum absolute atomic E-state index is 12.5. The number of aromatic nitrogens is 1. The number of rotatable bonds is 2. The van der Waals surface area contributed by atoms with E-state index in [1.165, 1.54) is 16.2 Å². The van der Waals surface area contributed by atoms with Gasteiger partial charge in [-0.2, -0.15) is 0 Å². The molecule has 0 N–H and O–H groups in total. The van der Waals surface area contributed by atoms with Crippen LogP contribution in [0.15, 0.2) is 65.5 Å². The van der Waals surface area contributed by atoms with Crippen LogP contribution >= 0.6 is 0 Å². The van der Waals surface area contributed by atoms with Crippen molar-refractivity contribution in [2.45, 2.75) is 19.8 Å². The summed E-state index contributed by atoms with van der Waals surface area (Å²) in [4.78, 5) is 24.9. The smallest absolute Gasteiger partial charge is 0.266 e. The lowest BCUT2D eigenvalue weighted by molar-refractivity contribution is 0.0965. The monoisotopic (exact) mass is 315 g/mol. The highest BCUT2D eigenvalue weighted by atomic mass is 16.2. The second kappa shape index (κ2) is 5.31. The molecule has 0 aliphatic carbocycles. The van der Waals surface area contributed by atoms with Crippen molar-refractivity contribution in [2.75, 3.05) is 0 Å². The van der Waals surface area contributed by atoms with E-state index in [2.05, 4.69) is 26.0 Å². The molecule has 0 amide bonds. The number of hydrogen-bond donors (Lipinski definition) is 0. The van der Waals surface area contributed by atoms with Crippen LogP contribution in [0, 0.1) is 0 Å². The lowest BCUT2D eigenvalue weighted by Crippen LogP contribution is -2.23. The molecular weight excluding hydrogens is 298 g/mol. The second-order valence-electron chi connectivity index (χ2n) is 6.43. The Morgan fingerprint density at radius 1 is 0.792 bits per heavy atom. The third-order valence-corrected chi connectivity index (χ3v) is 4.58. The van der Waals surface area contributed by atoms with E-state index >= 15 is 0 Å². The fraction of sp³-hybridized carbons (Fsp3) is 0.143. The van der Waals surface area contributed by atoms with E-state index in [9.17, 15) is 9.59 Å². The van der Waals surface area contributed by atoms with Gasteiger partial charge in [-0.05, 0) is 34.7 Å². The third kappa shape index (κ3) is 2.13. The SMILES string of the molecule is CC(C)c1ccc(-c2cc3n(c(=O)c2)C(=O)c2ccccc2-3)cc1. The van der Waals surface area contributed by atoms with Gasteiger partial charge in [-0.25, -0.2) is 4.57 Å². The highest BCUT2D eigenvalue weighted by molar-refractivity contribution is 6.09. The summed E-state index contributed by atoms with van der Waals surface area (Å²) in [6.45, 7) is 4.30. The van der Waals surface area contributed by atoms with Crippen LogP contribution in [-0.4, -0.2) is 10.5 Å². The quantitative estimate of drug-likeness (QED) is 0.553. The van der Waals surface area contributed by atoms with E-state index in [0.717, 1.165) is 16.7 Å². The summed E-state index contributed by atoms with van der Waals surface area (Å²) in [6.07, 6.45) is 0. The Labute approximate surface area is 140 Å². The first-order valence-electron chi connectivity index (χ1n) is 8.08. The molecule has 2 aromatic carbocycles. The Balaban J connectivity index is 1.89. The normalized spacial score (nSPS) is 12.4. The number of benzene rings is 2. The number of carbonyl (C=O) groups excluding carboxylic acids is 1. The summed E-state index contributed by atoms with van der Waals surface area (Å²) in [5.74, 6) is 0.224. The summed E-state index contributed by atoms with van der Waals surface area (Å²) in [5.41, 5.74) is 4.88. The minimum atomic E-state index is -0.281. The zero-order valence-corrected chi connectivity index (χ0v) is 13.6. The summed E-state index contributed by atoms with van der Waals surface area (Å²) in [5, 5.41) is 0. The van der Waals surface area contributed by atoms with Gasteiger partial charge in [0.1, 0.15) is 0 Å². The van der Waals surface area contributed by atoms with Gasteiger partial charge in [-0.1, -0.05) is 56.3 Å². The number of fused-ring (bicyclic) bond motifs is 3. The highest BCUT2D eigenvalue weighted by Crippen LogP contribution is 2.33. The molecule has 0 saturated heterocycles. The third-order valence-electron chi connectivity index (χ3n) is 4.58. The standard InChI is InChI=1S/C21H17NO2/c1-13(2)14-7-9-15(10-8-14)16-11-19-17-5-3-4-6-18(17)21(24)22(19)20(23)12-16/h3-13H,1-2H3. The first-order valence-corrected chi connectivity index (χ1v) is 8.08. The van der Waals surface area contributed by atoms with Gasteiger partial charge in [-0.15, -0.1) is 0 Å². The molecule has 0 radical (unpaired) electrons. The van der Waals surface area contributed by atoms with Gasteiger partial charge in [-0.3, -0.25) is 9.59 Å². The molecule has 118 valence electrons. The zero-order chi connectivity index (χ0) is 16.8. The molecule has 4 rings (SSSR count). The van der Waals surface area contributed by atoms with E-state index in [4.69, 9.17) is 0 Å². The molecule has 1 aliphatic heterocycles. The van der Waals surface area contributed by atoms with Crippen LogP contribution in [0.25, 0.3) is 22.4 Å². The summed E-state index contributed by atoms with van der Waals surface area (Å²) in [7, 11) is 0. The highest BCUT2D eigenvalue weighted by Gasteiger charge is 2.27. The van der Waals surface area contributed by atoms with Crippen LogP contribution in [0.1, 0.15) is 35.7 Å². The fourth-order valence-electron chi connectivity index (χ4n) is 3.22. The number of carbonyl (C=O) groups is 1. The molecule has 0 spiro atoms. The number of pyridine rings is 1. The van der Waals surface area contributed by atoms with Gasteiger partial charge in [0.25, 0.3) is 11.5 Å². The zero-order valence-electron chi connectivity index (χ0n) is 13.6. The summed E-state index contributed by atoms with van der Waals surface area (Å²) >= 11 is 0. The first-order chi connectivity index (χ1) is 11.6. The molecule has 3 aromatic rings. The van der Waals surface area contributed by atoms with Crippen molar-refractivity contribution in [3.8, 4) is 22.4 Å². The summed E-state index contributed by atoms with van der Waals surface area (Å²) in [6, 6.07) is 19.1. The Kier molecular flexibility index (Phi) is 3.24. The van der Waals surface area contributed by atoms with Crippen molar-refractivity contribution in [3.05, 3.63) is 82.1 Å². The Hall–Kier alpha value is -2.94. The molecule has 24 heavy (non-hydrogen) atoms. The molecule has 1 aliphatic rings. The van der Waals surface area contributed by atoms with E-state index in [1.807, 2.05) is 36.4 Å². The second-order valence-corrected chi connectivity index (χ2v) is 6.43. The van der Waals surface area contributed by atoms with Gasteiger partial charge in [0.05, 0.1) is 5.69 Å². The predicted octanol–water partition coefficient (Wildman–Crippen LogP) is 4.31. The van der Waals surface area contributed by atoms with Gasteiger partial charge in [0.15, 0.2) is 0 Å². The van der Waals surface area contributed by atoms with Crippen LogP contribution in [0.5, 0.6) is 0 Å². The van der Waals surface area contributed by atoms with Crippen LogP contribution < -0.4 is 5.56 Å². The molecule has 0 fully saturated rings. The summed E-state index contributed by atoms with van der Waals surface area (Å²) < 4.78 is 1.26. The molecule has 2 heterocycles. The predicted molar refractivity (Wildman–Crippen MR) is 95.4 cm³/mol. The maximum atomic E-state index is 12.5. The molecule has 3 heteroatoms. The largest absolute Gasteiger partial charge is 0.269 e. The van der Waals surface area contributed by atoms with E-state index in [0.29, 0.717) is 17.2 Å². The van der Waals surface area contributed by atoms with E-state index in [-0.39, 0.29) is 11.5 Å². The van der Waals surface area contributed by atoms with Crippen molar-refractivity contribution >= 4 is 5.91 Å². The Morgan fingerprint density at radius 3 is 2.12 bits per heavy atom. The Morgan fingerprint density at radius 2 is 1.46 bits per heavy atom. The number of hydrogen-bond acceptors (Lipinski definition) is 2. The maximum Gasteiger partial charge on any atom is 0.266 e. The molecule has 0 bridgehead atoms. The molecule has 0 saturated carbocycles. The lowest BCUT2D eigenvalue weighted by Gasteiger charge is -2.09. The van der Waals surface area contributed by atoms with Crippen LogP contribution in [-0.2, 0) is 0 Å². The lowest BCUT2D eigenvalue weighted by atomic mass is 9.98. The van der Waals surface area contributed by atoms with Gasteiger partial charge in [0.2, 0.25) is 0 Å². The number of nitrogens with zero attached hydrogens (tertiary/aromatic N) is 1. The van der Waals surface area contributed by atoms with E-state index in [1.54, 1.807) is 6.07 Å². The van der Waals surface area contributed by atoms with Crippen molar-refractivity contribution < 1.29 is 4.79 Å². The van der Waals surface area contributed by atoms with Crippen molar-refractivity contribution in [1.29, 1.82) is 0 Å². The minimum Gasteiger partial charge on any atom is -0.269 e. The van der Waals surface area contributed by atoms with Gasteiger partial charge >= 0.3 is 0 Å². The average molecular weight is 315 g/mol. The molecule has 0 atom stereocenters. The van der Waals surface area contributed by atoms with Gasteiger partial charge < -0.3 is 0 Å². The van der Waals surface area contributed by atoms with E-state index < -0.39 is 0 Å². The average Bonchev–Trinajstić information content (AvgIpc) is 2.88. The first kappa shape index (κ1) is 14.6. The van der Waals surface area contributed by atoms with Gasteiger partial charge in [0, 0.05) is 17.2 Å². The van der Waals surface area contributed by atoms with Crippen molar-refractivity contribution in [3.63, 3.8) is 0 Å². The Bertz CT molecular complexity index is 1010.